The summed E-state index contributed by atoms with van der Waals surface area (Å²) in [5.74, 6) is -5.70. The second-order valence-electron chi connectivity index (χ2n) is 6.99. The molecule has 4 rings (SSSR count). The zero-order valence-electron chi connectivity index (χ0n) is 14.8. The van der Waals surface area contributed by atoms with Gasteiger partial charge in [-0.15, -0.1) is 0 Å². The van der Waals surface area contributed by atoms with E-state index in [4.69, 9.17) is 4.74 Å². The first-order chi connectivity index (χ1) is 13.5. The molecular weight excluding hydrogens is 374 g/mol. The van der Waals surface area contributed by atoms with E-state index in [0.717, 1.165) is 5.56 Å². The molecule has 0 aromatic heterocycles. The van der Waals surface area contributed by atoms with E-state index in [1.165, 1.54) is 11.0 Å². The maximum absolute atomic E-state index is 14.1. The van der Waals surface area contributed by atoms with Crippen molar-refractivity contribution < 1.29 is 27.1 Å². The fraction of sp³-hybridized carbons (Fsp3) is 0.286. The third kappa shape index (κ3) is 3.25. The first kappa shape index (κ1) is 18.5. The van der Waals surface area contributed by atoms with E-state index < -0.39 is 41.0 Å². The highest BCUT2D eigenvalue weighted by molar-refractivity contribution is 5.75. The van der Waals surface area contributed by atoms with E-state index in [-0.39, 0.29) is 30.7 Å². The summed E-state index contributed by atoms with van der Waals surface area (Å²) in [4.78, 5) is 14.1. The number of nitrogens with zero attached hydrogens (tertiary/aromatic N) is 1. The van der Waals surface area contributed by atoms with Crippen LogP contribution >= 0.6 is 0 Å². The lowest BCUT2D eigenvalue weighted by Crippen LogP contribution is -2.43. The molecule has 0 N–H and O–H groups in total. The van der Waals surface area contributed by atoms with Gasteiger partial charge in [0.15, 0.2) is 23.3 Å². The Balaban J connectivity index is 1.55. The fourth-order valence-corrected chi connectivity index (χ4v) is 3.95. The molecule has 0 spiro atoms. The van der Waals surface area contributed by atoms with Gasteiger partial charge in [-0.05, 0) is 30.4 Å². The normalized spacial score (nSPS) is 20.9. The summed E-state index contributed by atoms with van der Waals surface area (Å²) in [6.07, 6.45) is 2.31. The van der Waals surface area contributed by atoms with Gasteiger partial charge in [0.05, 0.1) is 11.6 Å². The molecule has 2 aliphatic rings. The van der Waals surface area contributed by atoms with E-state index in [2.05, 4.69) is 0 Å². The zero-order chi connectivity index (χ0) is 19.8. The predicted molar refractivity (Wildman–Crippen MR) is 94.1 cm³/mol. The van der Waals surface area contributed by atoms with Gasteiger partial charge in [0.2, 0.25) is 0 Å². The number of rotatable bonds is 3. The number of hydrogen-bond acceptors (Lipinski definition) is 2. The van der Waals surface area contributed by atoms with Crippen LogP contribution in [0, 0.1) is 23.3 Å². The Morgan fingerprint density at radius 3 is 2.36 bits per heavy atom. The van der Waals surface area contributed by atoms with Crippen molar-refractivity contribution in [2.24, 2.45) is 0 Å². The zero-order valence-corrected chi connectivity index (χ0v) is 14.8. The topological polar surface area (TPSA) is 29.5 Å². The predicted octanol–water partition coefficient (Wildman–Crippen LogP) is 5.20. The van der Waals surface area contributed by atoms with Crippen molar-refractivity contribution in [2.75, 3.05) is 0 Å². The first-order valence-electron chi connectivity index (χ1n) is 8.98. The van der Waals surface area contributed by atoms with Crippen LogP contribution < -0.4 is 0 Å². The quantitative estimate of drug-likeness (QED) is 0.532. The van der Waals surface area contributed by atoms with Crippen LogP contribution in [0.2, 0.25) is 0 Å². The lowest BCUT2D eigenvalue weighted by atomic mass is 9.94. The summed E-state index contributed by atoms with van der Waals surface area (Å²) < 4.78 is 60.8. The van der Waals surface area contributed by atoms with Crippen LogP contribution in [0.3, 0.4) is 0 Å². The summed E-state index contributed by atoms with van der Waals surface area (Å²) >= 11 is 0. The smallest absolute Gasteiger partial charge is 0.410 e. The highest BCUT2D eigenvalue weighted by atomic mass is 19.2. The van der Waals surface area contributed by atoms with Crippen LogP contribution in [-0.4, -0.2) is 23.1 Å². The molecule has 2 bridgehead atoms. The molecule has 0 radical (unpaired) electrons. The average Bonchev–Trinajstić information content (AvgIpc) is 2.96. The highest BCUT2D eigenvalue weighted by Crippen LogP contribution is 2.41. The molecule has 2 heterocycles. The minimum Gasteiger partial charge on any atom is -0.445 e. The second kappa shape index (κ2) is 7.30. The number of ether oxygens (including phenoxy) is 1. The minimum absolute atomic E-state index is 0.105. The van der Waals surface area contributed by atoms with Gasteiger partial charge in [0, 0.05) is 12.1 Å². The molecule has 2 aromatic rings. The van der Waals surface area contributed by atoms with Gasteiger partial charge in [0.25, 0.3) is 0 Å². The maximum Gasteiger partial charge on any atom is 0.410 e. The van der Waals surface area contributed by atoms with Crippen molar-refractivity contribution in [1.82, 2.24) is 4.90 Å². The van der Waals surface area contributed by atoms with Gasteiger partial charge < -0.3 is 4.74 Å². The van der Waals surface area contributed by atoms with E-state index in [1.54, 1.807) is 0 Å². The van der Waals surface area contributed by atoms with E-state index in [1.807, 2.05) is 30.3 Å². The lowest BCUT2D eigenvalue weighted by molar-refractivity contribution is 0.0832. The molecule has 2 atom stereocenters. The molecule has 3 nitrogen and oxygen atoms in total. The number of fused-ring (bicyclic) bond motifs is 2. The van der Waals surface area contributed by atoms with E-state index in [0.29, 0.717) is 12.8 Å². The van der Waals surface area contributed by atoms with Gasteiger partial charge in [-0.1, -0.05) is 36.4 Å². The fourth-order valence-electron chi connectivity index (χ4n) is 3.95. The Kier molecular flexibility index (Phi) is 4.83. The first-order valence-corrected chi connectivity index (χ1v) is 8.98. The summed E-state index contributed by atoms with van der Waals surface area (Å²) in [6, 6.07) is 8.63. The third-order valence-electron chi connectivity index (χ3n) is 5.24. The van der Waals surface area contributed by atoms with Crippen LogP contribution in [0.15, 0.2) is 42.5 Å². The molecule has 7 heteroatoms. The van der Waals surface area contributed by atoms with E-state index in [9.17, 15) is 22.4 Å². The molecule has 28 heavy (non-hydrogen) atoms. The summed E-state index contributed by atoms with van der Waals surface area (Å²) in [7, 11) is 0. The van der Waals surface area contributed by atoms with Crippen LogP contribution in [-0.2, 0) is 11.3 Å². The largest absolute Gasteiger partial charge is 0.445 e. The van der Waals surface area contributed by atoms with Crippen molar-refractivity contribution in [3.8, 4) is 0 Å². The number of benzene rings is 2. The molecule has 1 saturated heterocycles. The molecule has 2 aliphatic heterocycles. The number of carbonyl (C=O) groups excluding carboxylic acids is 1. The summed E-state index contributed by atoms with van der Waals surface area (Å²) in [5.41, 5.74) is 0.329. The Hall–Kier alpha value is -2.83. The highest BCUT2D eigenvalue weighted by Gasteiger charge is 2.42. The molecule has 146 valence electrons. The lowest BCUT2D eigenvalue weighted by Gasteiger charge is -2.33. The monoisotopic (exact) mass is 391 g/mol. The van der Waals surface area contributed by atoms with Crippen molar-refractivity contribution in [3.05, 3.63) is 76.9 Å². The number of amides is 1. The SMILES string of the molecule is O=C(OCc1ccccc1)N1C2C=C(c3c(F)c(F)cc(F)c3F)CC1CC2. The number of carbonyl (C=O) groups is 1. The summed E-state index contributed by atoms with van der Waals surface area (Å²) in [5, 5.41) is 0. The number of hydrogen-bond donors (Lipinski definition) is 0. The van der Waals surface area contributed by atoms with Gasteiger partial charge in [0.1, 0.15) is 6.61 Å². The van der Waals surface area contributed by atoms with Crippen LogP contribution in [0.4, 0.5) is 22.4 Å². The Labute approximate surface area is 159 Å². The summed E-state index contributed by atoms with van der Waals surface area (Å²) in [6.45, 7) is 0.116. The van der Waals surface area contributed by atoms with Gasteiger partial charge in [-0.2, -0.15) is 0 Å². The standard InChI is InChI=1S/C21H17F4NO2/c22-16-10-17(23)20(25)18(19(16)24)13-8-14-6-7-15(9-13)26(14)21(27)28-11-12-4-2-1-3-5-12/h1-5,8,10,14-15H,6-7,9,11H2. The third-order valence-corrected chi connectivity index (χ3v) is 5.24. The maximum atomic E-state index is 14.1. The molecule has 0 aliphatic carbocycles. The van der Waals surface area contributed by atoms with Gasteiger partial charge in [-0.25, -0.2) is 22.4 Å². The molecule has 0 saturated carbocycles. The average molecular weight is 391 g/mol. The van der Waals surface area contributed by atoms with Crippen molar-refractivity contribution in [2.45, 2.75) is 38.0 Å². The molecule has 2 aromatic carbocycles. The Morgan fingerprint density at radius 2 is 1.71 bits per heavy atom. The molecule has 2 unspecified atom stereocenters. The van der Waals surface area contributed by atoms with Crippen LogP contribution in [0.1, 0.15) is 30.4 Å². The second-order valence-corrected chi connectivity index (χ2v) is 6.99. The molecule has 1 amide bonds. The minimum atomic E-state index is -1.44. The van der Waals surface area contributed by atoms with Crippen LogP contribution in [0.5, 0.6) is 0 Å². The van der Waals surface area contributed by atoms with Gasteiger partial charge >= 0.3 is 6.09 Å². The van der Waals surface area contributed by atoms with Crippen molar-refractivity contribution in [1.29, 1.82) is 0 Å². The molecular formula is C21H17F4NO2. The number of halogens is 4. The van der Waals surface area contributed by atoms with Crippen LogP contribution in [0.25, 0.3) is 5.57 Å². The Bertz CT molecular complexity index is 919. The molecule has 1 fully saturated rings. The van der Waals surface area contributed by atoms with Crippen molar-refractivity contribution >= 4 is 11.7 Å². The van der Waals surface area contributed by atoms with Crippen molar-refractivity contribution in [3.63, 3.8) is 0 Å². The van der Waals surface area contributed by atoms with Gasteiger partial charge in [-0.3, -0.25) is 4.90 Å². The van der Waals surface area contributed by atoms with E-state index >= 15 is 0 Å². The Morgan fingerprint density at radius 1 is 1.04 bits per heavy atom.